The third kappa shape index (κ3) is 2.72. The predicted octanol–water partition coefficient (Wildman–Crippen LogP) is 2.55. The first-order chi connectivity index (χ1) is 8.63. The van der Waals surface area contributed by atoms with Crippen LogP contribution in [0.15, 0.2) is 11.4 Å². The van der Waals surface area contributed by atoms with Crippen LogP contribution >= 0.6 is 23.6 Å². The van der Waals surface area contributed by atoms with Crippen molar-refractivity contribution in [2.75, 3.05) is 0 Å². The Kier molecular flexibility index (Phi) is 4.35. The van der Waals surface area contributed by atoms with Crippen molar-refractivity contribution in [2.24, 2.45) is 11.7 Å². The number of hydrogen-bond acceptors (Lipinski definition) is 3. The van der Waals surface area contributed by atoms with E-state index in [1.165, 1.54) is 10.4 Å². The lowest BCUT2D eigenvalue weighted by atomic mass is 9.93. The van der Waals surface area contributed by atoms with Crippen LogP contribution in [-0.4, -0.2) is 10.9 Å². The maximum atomic E-state index is 12.1. The molecule has 0 spiro atoms. The lowest BCUT2D eigenvalue weighted by Crippen LogP contribution is -2.40. The highest BCUT2D eigenvalue weighted by Crippen LogP contribution is 2.33. The van der Waals surface area contributed by atoms with Gasteiger partial charge in [0.15, 0.2) is 0 Å². The van der Waals surface area contributed by atoms with E-state index in [9.17, 15) is 4.79 Å². The van der Waals surface area contributed by atoms with E-state index in [1.54, 1.807) is 11.3 Å². The number of aryl methyl sites for hydroxylation is 1. The summed E-state index contributed by atoms with van der Waals surface area (Å²) in [7, 11) is 0. The molecule has 1 amide bonds. The summed E-state index contributed by atoms with van der Waals surface area (Å²) in [5, 5.41) is 5.19. The Labute approximate surface area is 117 Å². The number of rotatable bonds is 4. The lowest BCUT2D eigenvalue weighted by molar-refractivity contribution is -0.123. The molecule has 0 fully saturated rings. The molecule has 1 aromatic rings. The second-order valence-electron chi connectivity index (χ2n) is 4.62. The van der Waals surface area contributed by atoms with E-state index in [0.29, 0.717) is 6.42 Å². The van der Waals surface area contributed by atoms with Crippen LogP contribution in [0, 0.1) is 5.92 Å². The van der Waals surface area contributed by atoms with Crippen molar-refractivity contribution in [1.82, 2.24) is 5.32 Å². The van der Waals surface area contributed by atoms with Gasteiger partial charge in [-0.05, 0) is 42.7 Å². The Morgan fingerprint density at radius 1 is 1.72 bits per heavy atom. The van der Waals surface area contributed by atoms with E-state index >= 15 is 0 Å². The number of nitrogens with one attached hydrogen (secondary N) is 1. The minimum absolute atomic E-state index is 0.0333. The van der Waals surface area contributed by atoms with Crippen molar-refractivity contribution in [3.05, 3.63) is 21.9 Å². The number of hydrogen-bond donors (Lipinski definition) is 2. The molecule has 2 rings (SSSR count). The van der Waals surface area contributed by atoms with Gasteiger partial charge < -0.3 is 11.1 Å². The van der Waals surface area contributed by atoms with Crippen LogP contribution < -0.4 is 11.1 Å². The third-order valence-electron chi connectivity index (χ3n) is 3.44. The molecule has 18 heavy (non-hydrogen) atoms. The van der Waals surface area contributed by atoms with E-state index in [4.69, 9.17) is 18.0 Å². The molecule has 3 nitrogen and oxygen atoms in total. The van der Waals surface area contributed by atoms with Crippen LogP contribution in [0.4, 0.5) is 0 Å². The van der Waals surface area contributed by atoms with Gasteiger partial charge in [0.25, 0.3) is 0 Å². The zero-order valence-electron chi connectivity index (χ0n) is 10.4. The highest BCUT2D eigenvalue weighted by Gasteiger charge is 2.26. The van der Waals surface area contributed by atoms with Gasteiger partial charge in [-0.2, -0.15) is 0 Å². The van der Waals surface area contributed by atoms with Crippen LogP contribution in [-0.2, 0) is 11.2 Å². The van der Waals surface area contributed by atoms with E-state index in [2.05, 4.69) is 16.8 Å². The summed E-state index contributed by atoms with van der Waals surface area (Å²) in [6.07, 6.45) is 3.92. The summed E-state index contributed by atoms with van der Waals surface area (Å²) in [6, 6.07) is 2.25. The standard InChI is InChI=1S/C13H18N2OS2/c1-2-8(12(14)17)13(16)15-10-4-3-5-11-9(10)6-7-18-11/h6-8,10H,2-5H2,1H3,(H2,14,17)(H,15,16). The maximum absolute atomic E-state index is 12.1. The molecule has 1 heterocycles. The lowest BCUT2D eigenvalue weighted by Gasteiger charge is -2.25. The van der Waals surface area contributed by atoms with Crippen LogP contribution in [0.2, 0.25) is 0 Å². The van der Waals surface area contributed by atoms with E-state index in [1.807, 2.05) is 6.92 Å². The predicted molar refractivity (Wildman–Crippen MR) is 78.7 cm³/mol. The number of thiocarbonyl (C=S) groups is 1. The van der Waals surface area contributed by atoms with Gasteiger partial charge in [0.2, 0.25) is 5.91 Å². The summed E-state index contributed by atoms with van der Waals surface area (Å²) in [4.78, 5) is 13.8. The maximum Gasteiger partial charge on any atom is 0.230 e. The van der Waals surface area contributed by atoms with Crippen LogP contribution in [0.1, 0.15) is 42.7 Å². The fourth-order valence-electron chi connectivity index (χ4n) is 2.42. The van der Waals surface area contributed by atoms with Crippen molar-refractivity contribution in [1.29, 1.82) is 0 Å². The van der Waals surface area contributed by atoms with Crippen molar-refractivity contribution in [3.63, 3.8) is 0 Å². The Bertz CT molecular complexity index is 456. The van der Waals surface area contributed by atoms with E-state index in [0.717, 1.165) is 19.3 Å². The minimum Gasteiger partial charge on any atom is -0.393 e. The molecule has 3 N–H and O–H groups in total. The molecule has 98 valence electrons. The fraction of sp³-hybridized carbons (Fsp3) is 0.538. The number of fused-ring (bicyclic) bond motifs is 1. The number of amides is 1. The molecule has 0 aliphatic heterocycles. The zero-order chi connectivity index (χ0) is 13.1. The third-order valence-corrected chi connectivity index (χ3v) is 4.72. The van der Waals surface area contributed by atoms with Gasteiger partial charge >= 0.3 is 0 Å². The second kappa shape index (κ2) is 5.80. The van der Waals surface area contributed by atoms with Gasteiger partial charge in [0.05, 0.1) is 16.9 Å². The normalized spacial score (nSPS) is 19.9. The Morgan fingerprint density at radius 3 is 3.17 bits per heavy atom. The average Bonchev–Trinajstić information content (AvgIpc) is 2.78. The molecule has 0 saturated heterocycles. The van der Waals surface area contributed by atoms with Gasteiger partial charge in [-0.25, -0.2) is 0 Å². The first-order valence-corrected chi connectivity index (χ1v) is 7.58. The topological polar surface area (TPSA) is 55.1 Å². The number of carbonyl (C=O) groups is 1. The van der Waals surface area contributed by atoms with E-state index < -0.39 is 0 Å². The smallest absolute Gasteiger partial charge is 0.230 e. The largest absolute Gasteiger partial charge is 0.393 e. The van der Waals surface area contributed by atoms with Gasteiger partial charge in [0, 0.05) is 4.88 Å². The highest BCUT2D eigenvalue weighted by atomic mass is 32.1. The molecule has 2 unspecified atom stereocenters. The SMILES string of the molecule is CCC(C(=O)NC1CCCc2sccc21)C(N)=S. The van der Waals surface area contributed by atoms with Crippen molar-refractivity contribution >= 4 is 34.5 Å². The Hall–Kier alpha value is -0.940. The Balaban J connectivity index is 2.07. The number of carbonyl (C=O) groups excluding carboxylic acids is 1. The molecule has 2 atom stereocenters. The summed E-state index contributed by atoms with van der Waals surface area (Å²) >= 11 is 6.72. The highest BCUT2D eigenvalue weighted by molar-refractivity contribution is 7.80. The molecular formula is C13H18N2OS2. The second-order valence-corrected chi connectivity index (χ2v) is 6.09. The quantitative estimate of drug-likeness (QED) is 0.835. The molecule has 0 aromatic carbocycles. The van der Waals surface area contributed by atoms with Crippen LogP contribution in [0.25, 0.3) is 0 Å². The summed E-state index contributed by atoms with van der Waals surface area (Å²) in [5.41, 5.74) is 6.88. The number of thiophene rings is 1. The van der Waals surface area contributed by atoms with Crippen molar-refractivity contribution < 1.29 is 4.79 Å². The molecule has 5 heteroatoms. The first-order valence-electron chi connectivity index (χ1n) is 6.29. The van der Waals surface area contributed by atoms with Crippen molar-refractivity contribution in [3.8, 4) is 0 Å². The average molecular weight is 282 g/mol. The fourth-order valence-corrected chi connectivity index (χ4v) is 3.69. The molecule has 0 radical (unpaired) electrons. The number of nitrogens with two attached hydrogens (primary N) is 1. The molecule has 0 saturated carbocycles. The minimum atomic E-state index is -0.344. The molecule has 1 aliphatic carbocycles. The first kappa shape index (κ1) is 13.5. The zero-order valence-corrected chi connectivity index (χ0v) is 12.1. The van der Waals surface area contributed by atoms with Gasteiger partial charge in [-0.3, -0.25) is 4.79 Å². The van der Waals surface area contributed by atoms with Crippen LogP contribution in [0.3, 0.4) is 0 Å². The summed E-state index contributed by atoms with van der Waals surface area (Å²) in [6.45, 7) is 1.93. The van der Waals surface area contributed by atoms with Crippen molar-refractivity contribution in [2.45, 2.75) is 38.6 Å². The Morgan fingerprint density at radius 2 is 2.50 bits per heavy atom. The molecule has 1 aliphatic rings. The monoisotopic (exact) mass is 282 g/mol. The summed E-state index contributed by atoms with van der Waals surface area (Å²) < 4.78 is 0. The molecule has 0 bridgehead atoms. The van der Waals surface area contributed by atoms with Crippen LogP contribution in [0.5, 0.6) is 0 Å². The van der Waals surface area contributed by atoms with Gasteiger partial charge in [0.1, 0.15) is 0 Å². The summed E-state index contributed by atoms with van der Waals surface area (Å²) in [5.74, 6) is -0.377. The molecule has 1 aromatic heterocycles. The van der Waals surface area contributed by atoms with E-state index in [-0.39, 0.29) is 22.9 Å². The molecular weight excluding hydrogens is 264 g/mol. The van der Waals surface area contributed by atoms with Gasteiger partial charge in [-0.15, -0.1) is 11.3 Å². The van der Waals surface area contributed by atoms with Gasteiger partial charge in [-0.1, -0.05) is 19.1 Å².